The van der Waals surface area contributed by atoms with E-state index in [2.05, 4.69) is 25.2 Å². The molecule has 6 aliphatic rings. The Balaban J connectivity index is 0.872. The second kappa shape index (κ2) is 19.1. The summed E-state index contributed by atoms with van der Waals surface area (Å²) < 4.78 is 35.5. The number of carbonyl (C=O) groups is 6. The van der Waals surface area contributed by atoms with Gasteiger partial charge in [0, 0.05) is 120 Å². The maximum atomic E-state index is 14.8. The van der Waals surface area contributed by atoms with Crippen LogP contribution in [0.15, 0.2) is 52.8 Å². The summed E-state index contributed by atoms with van der Waals surface area (Å²) in [6, 6.07) is 7.25. The van der Waals surface area contributed by atoms with Gasteiger partial charge in [0.15, 0.2) is 0 Å². The molecule has 2 unspecified atom stereocenters. The third-order valence-electron chi connectivity index (χ3n) is 13.7. The molecule has 65 heavy (non-hydrogen) atoms. The Morgan fingerprint density at radius 1 is 0.969 bits per heavy atom. The van der Waals surface area contributed by atoms with Crippen molar-refractivity contribution >= 4 is 52.9 Å². The minimum atomic E-state index is -2.73. The number of likely N-dealkylation sites (tertiary alicyclic amines) is 1. The van der Waals surface area contributed by atoms with Crippen LogP contribution in [0.1, 0.15) is 115 Å². The summed E-state index contributed by atoms with van der Waals surface area (Å²) in [5, 5.41) is 6.79. The molecule has 18 heteroatoms. The molecule has 6 amide bonds. The molecule has 0 aliphatic carbocycles. The molecule has 3 N–H and O–H groups in total. The van der Waals surface area contributed by atoms with Gasteiger partial charge in [-0.2, -0.15) is 5.01 Å². The van der Waals surface area contributed by atoms with E-state index >= 15 is 0 Å². The topological polar surface area (TPSA) is 182 Å². The summed E-state index contributed by atoms with van der Waals surface area (Å²) in [5.74, 6) is -1.99. The molecule has 0 aromatic heterocycles. The number of allylic oxidation sites excluding steroid dienone is 1. The number of anilines is 1. The normalized spacial score (nSPS) is 22.1. The molecule has 346 valence electrons. The van der Waals surface area contributed by atoms with E-state index in [1.54, 1.807) is 32.2 Å². The molecule has 2 saturated heterocycles. The van der Waals surface area contributed by atoms with E-state index in [0.29, 0.717) is 76.0 Å². The Bertz CT molecular complexity index is 2360. The number of rotatable bonds is 13. The van der Waals surface area contributed by atoms with E-state index in [4.69, 9.17) is 10.5 Å². The van der Waals surface area contributed by atoms with E-state index in [0.717, 1.165) is 53.1 Å². The zero-order valence-electron chi connectivity index (χ0n) is 37.2. The van der Waals surface area contributed by atoms with Crippen molar-refractivity contribution in [2.24, 2.45) is 10.7 Å². The molecule has 8 rings (SSSR count). The van der Waals surface area contributed by atoms with Gasteiger partial charge >= 0.3 is 0 Å². The van der Waals surface area contributed by atoms with Gasteiger partial charge in [-0.25, -0.2) is 8.78 Å². The molecule has 16 nitrogen and oxygen atoms in total. The number of hydrogen-bond donors (Lipinski definition) is 2. The second-order valence-electron chi connectivity index (χ2n) is 17.5. The Morgan fingerprint density at radius 2 is 1.75 bits per heavy atom. The van der Waals surface area contributed by atoms with E-state index < -0.39 is 36.1 Å². The van der Waals surface area contributed by atoms with Crippen molar-refractivity contribution in [2.75, 3.05) is 58.3 Å². The highest BCUT2D eigenvalue weighted by atomic mass is 19.3. The van der Waals surface area contributed by atoms with Crippen molar-refractivity contribution in [1.82, 2.24) is 30.0 Å². The average molecular weight is 898 g/mol. The van der Waals surface area contributed by atoms with Gasteiger partial charge in [0.2, 0.25) is 23.6 Å². The molecule has 0 bridgehead atoms. The van der Waals surface area contributed by atoms with Gasteiger partial charge in [-0.1, -0.05) is 6.07 Å². The number of hydrogen-bond acceptors (Lipinski definition) is 12. The summed E-state index contributed by atoms with van der Waals surface area (Å²) in [4.78, 5) is 87.8. The van der Waals surface area contributed by atoms with E-state index in [1.807, 2.05) is 22.9 Å². The lowest BCUT2D eigenvalue weighted by Crippen LogP contribution is -2.55. The number of nitrogens with zero attached hydrogens (tertiary/aromatic N) is 7. The van der Waals surface area contributed by atoms with Crippen LogP contribution in [-0.4, -0.2) is 138 Å². The number of nitrogens with two attached hydrogens (primary N) is 1. The number of likely N-dealkylation sites (N-methyl/N-ethyl adjacent to an activating group) is 1. The van der Waals surface area contributed by atoms with Gasteiger partial charge in [-0.15, -0.1) is 0 Å². The standard InChI is InChI=1S/C47H57F2N9O7/c1-28(59)55-21-17-36-35(27-55)45(56-18-8-9-29-23-33(30(25-50)26-51-2)34(43(48)49)24-38(29)56)53(3)58(36)31-15-19-54(20-16-31)41(61)12-5-4-6-22-65-39-11-7-10-32-42(39)47(64)57(46(32)63)37-13-14-40(60)52-44(37)62/h7,10-11,23-26,31,37,43,45H,4-6,8-9,12-22,27,50H2,1-3H3,(H,52,60,62). The molecule has 2 aromatic rings. The number of piperidine rings is 2. The molecule has 6 aliphatic heterocycles. The fourth-order valence-electron chi connectivity index (χ4n) is 10.5. The van der Waals surface area contributed by atoms with Gasteiger partial charge in [-0.3, -0.25) is 44.0 Å². The number of imide groups is 2. The molecular weight excluding hydrogens is 841 g/mol. The first-order valence-electron chi connectivity index (χ1n) is 22.6. The van der Waals surface area contributed by atoms with Gasteiger partial charge in [0.25, 0.3) is 18.2 Å². The first kappa shape index (κ1) is 45.4. The van der Waals surface area contributed by atoms with E-state index in [-0.39, 0.29) is 65.9 Å². The van der Waals surface area contributed by atoms with Crippen LogP contribution in [0, 0.1) is 0 Å². The van der Waals surface area contributed by atoms with Crippen LogP contribution in [0.2, 0.25) is 0 Å². The van der Waals surface area contributed by atoms with Crippen LogP contribution >= 0.6 is 0 Å². The molecule has 6 heterocycles. The molecule has 2 atom stereocenters. The van der Waals surface area contributed by atoms with Gasteiger partial charge < -0.3 is 30.2 Å². The number of hydrazine groups is 1. The third-order valence-corrected chi connectivity index (χ3v) is 13.7. The first-order chi connectivity index (χ1) is 31.3. The van der Waals surface area contributed by atoms with Crippen LogP contribution in [0.25, 0.3) is 5.57 Å². The number of alkyl halides is 2. The number of nitrogens with one attached hydrogen (secondary N) is 1. The van der Waals surface area contributed by atoms with Crippen molar-refractivity contribution in [2.45, 2.75) is 102 Å². The zero-order valence-corrected chi connectivity index (χ0v) is 37.2. The summed E-state index contributed by atoms with van der Waals surface area (Å²) in [7, 11) is 3.63. The number of fused-ring (bicyclic) bond motifs is 2. The number of carbonyl (C=O) groups excluding carboxylic acids is 6. The Hall–Kier alpha value is -6.17. The predicted octanol–water partition coefficient (Wildman–Crippen LogP) is 4.40. The van der Waals surface area contributed by atoms with Crippen LogP contribution in [0.5, 0.6) is 5.75 Å². The number of unbranched alkanes of at least 4 members (excludes halogenated alkanes) is 2. The Morgan fingerprint density at radius 3 is 2.46 bits per heavy atom. The Labute approximate surface area is 377 Å². The van der Waals surface area contributed by atoms with Crippen LogP contribution in [-0.2, 0) is 25.6 Å². The van der Waals surface area contributed by atoms with Crippen LogP contribution in [0.3, 0.4) is 0 Å². The zero-order chi connectivity index (χ0) is 46.1. The fraction of sp³-hybridized carbons (Fsp3) is 0.511. The third kappa shape index (κ3) is 8.71. The van der Waals surface area contributed by atoms with Crippen LogP contribution < -0.4 is 20.7 Å². The average Bonchev–Trinajstić information content (AvgIpc) is 3.73. The molecular formula is C47H57F2N9O7. The lowest BCUT2D eigenvalue weighted by atomic mass is 9.91. The number of aryl methyl sites for hydroxylation is 1. The molecule has 0 saturated carbocycles. The van der Waals surface area contributed by atoms with E-state index in [1.165, 1.54) is 18.5 Å². The second-order valence-corrected chi connectivity index (χ2v) is 17.5. The first-order valence-corrected chi connectivity index (χ1v) is 22.6. The largest absolute Gasteiger partial charge is 0.493 e. The molecule has 0 radical (unpaired) electrons. The van der Waals surface area contributed by atoms with Crippen molar-refractivity contribution in [1.29, 1.82) is 0 Å². The van der Waals surface area contributed by atoms with Crippen molar-refractivity contribution in [3.8, 4) is 5.75 Å². The van der Waals surface area contributed by atoms with Crippen molar-refractivity contribution in [3.63, 3.8) is 0 Å². The number of ether oxygens (including phenoxy) is 1. The lowest BCUT2D eigenvalue weighted by molar-refractivity contribution is -0.136. The van der Waals surface area contributed by atoms with Crippen molar-refractivity contribution in [3.05, 3.63) is 75.6 Å². The highest BCUT2D eigenvalue weighted by Gasteiger charge is 2.48. The maximum absolute atomic E-state index is 14.8. The van der Waals surface area contributed by atoms with Gasteiger partial charge in [0.1, 0.15) is 18.0 Å². The monoisotopic (exact) mass is 897 g/mol. The van der Waals surface area contributed by atoms with Gasteiger partial charge in [-0.05, 0) is 86.8 Å². The maximum Gasteiger partial charge on any atom is 0.266 e. The molecule has 2 fully saturated rings. The number of amides is 6. The molecule has 2 aromatic carbocycles. The SMILES string of the molecule is CN=CC(=CN)c1cc2c(cc1C(F)F)N(C1C3=C(CCN(C(C)=O)C3)N(C3CCN(C(=O)CCCCCOc4cccc5c4C(=O)N(C4CCC(=O)NC4=O)C5=O)CC3)N1C)CCC2. The van der Waals surface area contributed by atoms with Gasteiger partial charge in [0.05, 0.1) is 17.7 Å². The highest BCUT2D eigenvalue weighted by Crippen LogP contribution is 2.44. The minimum Gasteiger partial charge on any atom is -0.493 e. The summed E-state index contributed by atoms with van der Waals surface area (Å²) in [6.45, 7) is 4.73. The summed E-state index contributed by atoms with van der Waals surface area (Å²) in [6.07, 6.45) is 5.96. The number of benzene rings is 2. The number of halogens is 2. The van der Waals surface area contributed by atoms with E-state index in [9.17, 15) is 37.5 Å². The predicted molar refractivity (Wildman–Crippen MR) is 238 cm³/mol. The lowest BCUT2D eigenvalue weighted by Gasteiger charge is -2.46. The quantitative estimate of drug-likeness (QED) is 0.165. The summed E-state index contributed by atoms with van der Waals surface area (Å²) in [5.41, 5.74) is 10.8. The smallest absolute Gasteiger partial charge is 0.266 e. The minimum absolute atomic E-state index is 0.00765. The van der Waals surface area contributed by atoms with Crippen molar-refractivity contribution < 1.29 is 42.3 Å². The van der Waals surface area contributed by atoms with Crippen LogP contribution in [0.4, 0.5) is 14.5 Å². The Kier molecular flexibility index (Phi) is 13.4. The molecule has 0 spiro atoms. The summed E-state index contributed by atoms with van der Waals surface area (Å²) >= 11 is 0. The number of aliphatic imine (C=N–C) groups is 1. The highest BCUT2D eigenvalue weighted by molar-refractivity contribution is 6.24. The fourth-order valence-corrected chi connectivity index (χ4v) is 10.5.